The molecule has 0 saturated heterocycles. The van der Waals surface area contributed by atoms with Crippen LogP contribution in [0.3, 0.4) is 0 Å². The van der Waals surface area contributed by atoms with Crippen molar-refractivity contribution >= 4 is 0 Å². The molecule has 0 aromatic carbocycles. The number of rotatable bonds is 5. The Morgan fingerprint density at radius 2 is 2.00 bits per heavy atom. The van der Waals surface area contributed by atoms with Crippen molar-refractivity contribution in [2.45, 2.75) is 26.3 Å². The Morgan fingerprint density at radius 3 is 2.61 bits per heavy atom. The molecule has 1 atom stereocenters. The molecule has 94 valence electrons. The Balaban J connectivity index is 2.27. The van der Waals surface area contributed by atoms with Gasteiger partial charge in [0.1, 0.15) is 0 Å². The van der Waals surface area contributed by atoms with Crippen molar-refractivity contribution in [1.82, 2.24) is 15.3 Å². The molecule has 0 aliphatic heterocycles. The highest BCUT2D eigenvalue weighted by Crippen LogP contribution is 2.20. The van der Waals surface area contributed by atoms with E-state index < -0.39 is 0 Å². The molecule has 0 radical (unpaired) electrons. The summed E-state index contributed by atoms with van der Waals surface area (Å²) >= 11 is 0. The van der Waals surface area contributed by atoms with Crippen LogP contribution >= 0.6 is 0 Å². The number of aromatic nitrogens is 2. The highest BCUT2D eigenvalue weighted by atomic mass is 14.9. The summed E-state index contributed by atoms with van der Waals surface area (Å²) < 4.78 is 0. The molecule has 3 nitrogen and oxygen atoms in total. The molecule has 2 heterocycles. The van der Waals surface area contributed by atoms with E-state index in [0.29, 0.717) is 0 Å². The van der Waals surface area contributed by atoms with Gasteiger partial charge in [-0.1, -0.05) is 19.1 Å². The van der Waals surface area contributed by atoms with E-state index in [0.717, 1.165) is 18.7 Å². The Hall–Kier alpha value is -1.74. The van der Waals surface area contributed by atoms with Crippen molar-refractivity contribution in [3.63, 3.8) is 0 Å². The number of pyridine rings is 2. The van der Waals surface area contributed by atoms with Crippen LogP contribution in [0.1, 0.15) is 36.2 Å². The van der Waals surface area contributed by atoms with Crippen LogP contribution in [0.4, 0.5) is 0 Å². The lowest BCUT2D eigenvalue weighted by Gasteiger charge is -2.18. The van der Waals surface area contributed by atoms with E-state index in [9.17, 15) is 0 Å². The quantitative estimate of drug-likeness (QED) is 0.874. The first-order valence-electron chi connectivity index (χ1n) is 6.37. The van der Waals surface area contributed by atoms with Gasteiger partial charge in [0.15, 0.2) is 0 Å². The van der Waals surface area contributed by atoms with Gasteiger partial charge in [-0.05, 0) is 43.1 Å². The summed E-state index contributed by atoms with van der Waals surface area (Å²) in [5.41, 5.74) is 3.40. The van der Waals surface area contributed by atoms with Crippen LogP contribution < -0.4 is 5.32 Å². The maximum atomic E-state index is 4.37. The standard InChI is InChI=1S/C15H19N3/c1-3-8-17-15(13-5-4-9-16-10-13)14-7-6-12(2)18-11-14/h4-7,9-11,15,17H,3,8H2,1-2H3. The van der Waals surface area contributed by atoms with Crippen LogP contribution in [-0.4, -0.2) is 16.5 Å². The van der Waals surface area contributed by atoms with Crippen LogP contribution in [-0.2, 0) is 0 Å². The summed E-state index contributed by atoms with van der Waals surface area (Å²) in [6.45, 7) is 5.15. The lowest BCUT2D eigenvalue weighted by molar-refractivity contribution is 0.595. The SMILES string of the molecule is CCCNC(c1cccnc1)c1ccc(C)nc1. The van der Waals surface area contributed by atoms with Gasteiger partial charge < -0.3 is 5.32 Å². The fourth-order valence-corrected chi connectivity index (χ4v) is 1.91. The second kappa shape index (κ2) is 6.26. The molecule has 0 spiro atoms. The average molecular weight is 241 g/mol. The van der Waals surface area contributed by atoms with Crippen molar-refractivity contribution < 1.29 is 0 Å². The van der Waals surface area contributed by atoms with Crippen LogP contribution in [0.25, 0.3) is 0 Å². The molecule has 2 aromatic rings. The minimum Gasteiger partial charge on any atom is -0.306 e. The third-order valence-corrected chi connectivity index (χ3v) is 2.88. The molecule has 2 aromatic heterocycles. The zero-order valence-electron chi connectivity index (χ0n) is 10.9. The van der Waals surface area contributed by atoms with Gasteiger partial charge in [-0.25, -0.2) is 0 Å². The summed E-state index contributed by atoms with van der Waals surface area (Å²) in [5.74, 6) is 0. The van der Waals surface area contributed by atoms with Gasteiger partial charge in [0.05, 0.1) is 6.04 Å². The van der Waals surface area contributed by atoms with Crippen LogP contribution in [0.15, 0.2) is 42.9 Å². The second-order valence-electron chi connectivity index (χ2n) is 4.41. The number of hydrogen-bond donors (Lipinski definition) is 1. The third-order valence-electron chi connectivity index (χ3n) is 2.88. The van der Waals surface area contributed by atoms with E-state index in [-0.39, 0.29) is 6.04 Å². The normalized spacial score (nSPS) is 12.3. The first kappa shape index (κ1) is 12.7. The Kier molecular flexibility index (Phi) is 4.42. The van der Waals surface area contributed by atoms with E-state index in [4.69, 9.17) is 0 Å². The van der Waals surface area contributed by atoms with Crippen LogP contribution in [0.5, 0.6) is 0 Å². The zero-order valence-corrected chi connectivity index (χ0v) is 10.9. The monoisotopic (exact) mass is 241 g/mol. The van der Waals surface area contributed by atoms with E-state index in [2.05, 4.69) is 34.3 Å². The fraction of sp³-hybridized carbons (Fsp3) is 0.333. The van der Waals surface area contributed by atoms with Crippen molar-refractivity contribution in [3.8, 4) is 0 Å². The molecule has 0 bridgehead atoms. The predicted molar refractivity (Wildman–Crippen MR) is 73.3 cm³/mol. The summed E-state index contributed by atoms with van der Waals surface area (Å²) in [5, 5.41) is 3.54. The van der Waals surface area contributed by atoms with E-state index in [1.54, 1.807) is 6.20 Å². The van der Waals surface area contributed by atoms with Gasteiger partial charge in [0.25, 0.3) is 0 Å². The number of nitrogens with one attached hydrogen (secondary N) is 1. The number of aryl methyl sites for hydroxylation is 1. The number of nitrogens with zero attached hydrogens (tertiary/aromatic N) is 2. The van der Waals surface area contributed by atoms with Gasteiger partial charge in [-0.15, -0.1) is 0 Å². The summed E-state index contributed by atoms with van der Waals surface area (Å²) in [6.07, 6.45) is 6.76. The Morgan fingerprint density at radius 1 is 1.17 bits per heavy atom. The molecule has 0 fully saturated rings. The van der Waals surface area contributed by atoms with Crippen LogP contribution in [0.2, 0.25) is 0 Å². The van der Waals surface area contributed by atoms with Gasteiger partial charge in [-0.3, -0.25) is 9.97 Å². The summed E-state index contributed by atoms with van der Waals surface area (Å²) in [6, 6.07) is 8.42. The summed E-state index contributed by atoms with van der Waals surface area (Å²) in [4.78, 5) is 8.57. The van der Waals surface area contributed by atoms with Gasteiger partial charge in [0.2, 0.25) is 0 Å². The predicted octanol–water partition coefficient (Wildman–Crippen LogP) is 2.87. The van der Waals surface area contributed by atoms with E-state index in [1.807, 2.05) is 31.5 Å². The smallest absolute Gasteiger partial charge is 0.0607 e. The maximum absolute atomic E-state index is 4.37. The van der Waals surface area contributed by atoms with Gasteiger partial charge >= 0.3 is 0 Å². The zero-order chi connectivity index (χ0) is 12.8. The maximum Gasteiger partial charge on any atom is 0.0607 e. The molecule has 2 rings (SSSR count). The minimum absolute atomic E-state index is 0.173. The fourth-order valence-electron chi connectivity index (χ4n) is 1.91. The lowest BCUT2D eigenvalue weighted by Crippen LogP contribution is -2.23. The van der Waals surface area contributed by atoms with Gasteiger partial charge in [-0.2, -0.15) is 0 Å². The molecule has 1 N–H and O–H groups in total. The van der Waals surface area contributed by atoms with E-state index in [1.165, 1.54) is 11.1 Å². The largest absolute Gasteiger partial charge is 0.306 e. The molecule has 0 amide bonds. The molecular weight excluding hydrogens is 222 g/mol. The highest BCUT2D eigenvalue weighted by molar-refractivity contribution is 5.28. The average Bonchev–Trinajstić information content (AvgIpc) is 2.42. The Bertz CT molecular complexity index is 465. The highest BCUT2D eigenvalue weighted by Gasteiger charge is 2.13. The molecule has 18 heavy (non-hydrogen) atoms. The van der Waals surface area contributed by atoms with Crippen molar-refractivity contribution in [3.05, 3.63) is 59.7 Å². The minimum atomic E-state index is 0.173. The molecule has 0 aliphatic rings. The van der Waals surface area contributed by atoms with Crippen molar-refractivity contribution in [2.75, 3.05) is 6.54 Å². The molecular formula is C15H19N3. The second-order valence-corrected chi connectivity index (χ2v) is 4.41. The van der Waals surface area contributed by atoms with Crippen molar-refractivity contribution in [2.24, 2.45) is 0 Å². The summed E-state index contributed by atoms with van der Waals surface area (Å²) in [7, 11) is 0. The molecule has 0 aliphatic carbocycles. The number of hydrogen-bond acceptors (Lipinski definition) is 3. The Labute approximate surface area is 108 Å². The van der Waals surface area contributed by atoms with Crippen molar-refractivity contribution in [1.29, 1.82) is 0 Å². The first-order chi connectivity index (χ1) is 8.81. The van der Waals surface area contributed by atoms with Gasteiger partial charge in [0, 0.05) is 24.3 Å². The molecule has 3 heteroatoms. The molecule has 0 saturated carbocycles. The lowest BCUT2D eigenvalue weighted by atomic mass is 10.0. The van der Waals surface area contributed by atoms with Crippen LogP contribution in [0, 0.1) is 6.92 Å². The molecule has 1 unspecified atom stereocenters. The topological polar surface area (TPSA) is 37.8 Å². The first-order valence-corrected chi connectivity index (χ1v) is 6.37. The van der Waals surface area contributed by atoms with E-state index >= 15 is 0 Å². The third kappa shape index (κ3) is 3.14.